The van der Waals surface area contributed by atoms with Crippen LogP contribution in [0.1, 0.15) is 27.9 Å². The minimum absolute atomic E-state index is 0.0133. The van der Waals surface area contributed by atoms with Gasteiger partial charge in [0.2, 0.25) is 0 Å². The number of ketones is 1. The predicted octanol–water partition coefficient (Wildman–Crippen LogP) is 1.19. The lowest BCUT2D eigenvalue weighted by atomic mass is 10.1. The van der Waals surface area contributed by atoms with Gasteiger partial charge >= 0.3 is 0 Å². The first-order valence-electron chi connectivity index (χ1n) is 4.37. The highest BCUT2D eigenvalue weighted by Crippen LogP contribution is 2.23. The summed E-state index contributed by atoms with van der Waals surface area (Å²) in [4.78, 5) is 11.3. The minimum atomic E-state index is -2.09. The molecule has 1 aromatic carbocycles. The molecule has 0 heterocycles. The molecule has 0 aliphatic heterocycles. The molecule has 1 unspecified atom stereocenters. The molecule has 0 amide bonds. The van der Waals surface area contributed by atoms with Gasteiger partial charge in [0.1, 0.15) is 0 Å². The summed E-state index contributed by atoms with van der Waals surface area (Å²) in [5, 5.41) is 0. The lowest BCUT2D eigenvalue weighted by molar-refractivity contribution is 0.0994. The second-order valence-electron chi connectivity index (χ2n) is 3.36. The maximum Gasteiger partial charge on any atom is 0.163 e. The Morgan fingerprint density at radius 1 is 1.36 bits per heavy atom. The van der Waals surface area contributed by atoms with E-state index in [0.29, 0.717) is 17.5 Å². The molecule has 2 rings (SSSR count). The van der Waals surface area contributed by atoms with Crippen LogP contribution >= 0.6 is 0 Å². The Kier molecular flexibility index (Phi) is 2.48. The third-order valence-electron chi connectivity index (χ3n) is 2.38. The van der Waals surface area contributed by atoms with E-state index in [9.17, 15) is 13.6 Å². The van der Waals surface area contributed by atoms with E-state index in [4.69, 9.17) is 0 Å². The van der Waals surface area contributed by atoms with Crippen LogP contribution in [0.3, 0.4) is 0 Å². The minimum Gasteiger partial charge on any atom is -0.772 e. The summed E-state index contributed by atoms with van der Waals surface area (Å²) < 4.78 is 20.9. The maximum atomic E-state index is 11.3. The molecule has 1 aliphatic carbocycles. The van der Waals surface area contributed by atoms with Gasteiger partial charge in [-0.15, -0.1) is 0 Å². The average molecular weight is 209 g/mol. The molecule has 1 aliphatic rings. The van der Waals surface area contributed by atoms with Crippen molar-refractivity contribution in [3.63, 3.8) is 0 Å². The molecule has 0 saturated heterocycles. The number of carbonyl (C=O) groups is 1. The number of aryl methyl sites for hydroxylation is 1. The van der Waals surface area contributed by atoms with Crippen molar-refractivity contribution in [3.05, 3.63) is 34.9 Å². The van der Waals surface area contributed by atoms with Crippen LogP contribution in [0.4, 0.5) is 0 Å². The van der Waals surface area contributed by atoms with Crippen molar-refractivity contribution < 1.29 is 13.6 Å². The summed E-state index contributed by atoms with van der Waals surface area (Å²) in [6.07, 6.45) is 1.34. The third kappa shape index (κ3) is 1.76. The van der Waals surface area contributed by atoms with E-state index in [-0.39, 0.29) is 11.5 Å². The fraction of sp³-hybridized carbons (Fsp3) is 0.300. The van der Waals surface area contributed by atoms with Gasteiger partial charge in [-0.1, -0.05) is 23.2 Å². The van der Waals surface area contributed by atoms with E-state index in [1.54, 1.807) is 12.1 Å². The van der Waals surface area contributed by atoms with Gasteiger partial charge in [0.05, 0.1) is 0 Å². The Bertz CT molecular complexity index is 412. The lowest BCUT2D eigenvalue weighted by Gasteiger charge is -2.06. The van der Waals surface area contributed by atoms with Crippen molar-refractivity contribution in [2.75, 3.05) is 0 Å². The van der Waals surface area contributed by atoms with Gasteiger partial charge in [0, 0.05) is 17.7 Å². The highest BCUT2D eigenvalue weighted by atomic mass is 32.2. The monoisotopic (exact) mass is 209 g/mol. The van der Waals surface area contributed by atoms with Crippen LogP contribution in [-0.4, -0.2) is 14.5 Å². The van der Waals surface area contributed by atoms with Gasteiger partial charge < -0.3 is 4.55 Å². The summed E-state index contributed by atoms with van der Waals surface area (Å²) in [7, 11) is 0. The Balaban J connectivity index is 2.35. The van der Waals surface area contributed by atoms with E-state index in [1.807, 2.05) is 6.07 Å². The van der Waals surface area contributed by atoms with Crippen molar-refractivity contribution in [1.82, 2.24) is 0 Å². The second kappa shape index (κ2) is 3.63. The summed E-state index contributed by atoms with van der Waals surface area (Å²) in [5.74, 6) is 0.110. The molecule has 0 N–H and O–H groups in total. The molecule has 0 fully saturated rings. The van der Waals surface area contributed by atoms with Crippen LogP contribution in [0, 0.1) is 0 Å². The lowest BCUT2D eigenvalue weighted by Crippen LogP contribution is -1.97. The molecule has 74 valence electrons. The van der Waals surface area contributed by atoms with Gasteiger partial charge in [-0.3, -0.25) is 9.00 Å². The fourth-order valence-electron chi connectivity index (χ4n) is 1.71. The summed E-state index contributed by atoms with van der Waals surface area (Å²) in [6, 6.07) is 5.32. The van der Waals surface area contributed by atoms with Crippen LogP contribution in [-0.2, 0) is 23.3 Å². The Hall–Kier alpha value is -1.00. The first-order chi connectivity index (χ1) is 6.66. The van der Waals surface area contributed by atoms with Crippen molar-refractivity contribution in [2.45, 2.75) is 18.6 Å². The van der Waals surface area contributed by atoms with Crippen LogP contribution in [0.2, 0.25) is 0 Å². The molecule has 0 radical (unpaired) electrons. The zero-order valence-corrected chi connectivity index (χ0v) is 8.30. The van der Waals surface area contributed by atoms with Crippen LogP contribution in [0.5, 0.6) is 0 Å². The molecule has 0 spiro atoms. The highest BCUT2D eigenvalue weighted by molar-refractivity contribution is 7.78. The molecule has 3 nitrogen and oxygen atoms in total. The standard InChI is InChI=1S/C10H10O3S/c11-10-4-3-8-2-1-7(5-9(8)10)6-14(12)13/h1-2,5H,3-4,6H2,(H,12,13)/p-1. The largest absolute Gasteiger partial charge is 0.772 e. The number of rotatable bonds is 2. The Labute approximate surface area is 84.4 Å². The fourth-order valence-corrected chi connectivity index (χ4v) is 2.16. The number of hydrogen-bond donors (Lipinski definition) is 0. The molecule has 1 atom stereocenters. The van der Waals surface area contributed by atoms with Crippen molar-refractivity contribution in [3.8, 4) is 0 Å². The van der Waals surface area contributed by atoms with Crippen molar-refractivity contribution >= 4 is 16.9 Å². The Morgan fingerprint density at radius 2 is 2.14 bits per heavy atom. The first-order valence-corrected chi connectivity index (χ1v) is 5.62. The summed E-state index contributed by atoms with van der Waals surface area (Å²) >= 11 is -2.09. The summed E-state index contributed by atoms with van der Waals surface area (Å²) in [6.45, 7) is 0. The number of benzene rings is 1. The normalized spacial score (nSPS) is 16.8. The van der Waals surface area contributed by atoms with Gasteiger partial charge in [0.25, 0.3) is 0 Å². The smallest absolute Gasteiger partial charge is 0.163 e. The van der Waals surface area contributed by atoms with Gasteiger partial charge in [-0.2, -0.15) is 0 Å². The van der Waals surface area contributed by atoms with Gasteiger partial charge in [-0.25, -0.2) is 0 Å². The molecule has 4 heteroatoms. The quantitative estimate of drug-likeness (QED) is 0.687. The second-order valence-corrected chi connectivity index (χ2v) is 4.26. The van der Waals surface area contributed by atoms with Crippen LogP contribution in [0.25, 0.3) is 0 Å². The SMILES string of the molecule is O=C1CCc2ccc(CS(=O)[O-])cc21. The number of fused-ring (bicyclic) bond motifs is 1. The maximum absolute atomic E-state index is 11.3. The van der Waals surface area contributed by atoms with E-state index >= 15 is 0 Å². The summed E-state index contributed by atoms with van der Waals surface area (Å²) in [5.41, 5.74) is 2.43. The van der Waals surface area contributed by atoms with E-state index < -0.39 is 11.1 Å². The zero-order chi connectivity index (χ0) is 10.1. The van der Waals surface area contributed by atoms with E-state index in [0.717, 1.165) is 12.0 Å². The number of carbonyl (C=O) groups excluding carboxylic acids is 1. The highest BCUT2D eigenvalue weighted by Gasteiger charge is 2.18. The number of hydrogen-bond acceptors (Lipinski definition) is 3. The van der Waals surface area contributed by atoms with Crippen molar-refractivity contribution in [2.24, 2.45) is 0 Å². The molecular formula is C10H9O3S-. The zero-order valence-electron chi connectivity index (χ0n) is 7.49. The molecule has 0 saturated carbocycles. The van der Waals surface area contributed by atoms with Crippen molar-refractivity contribution in [1.29, 1.82) is 0 Å². The molecule has 0 aromatic heterocycles. The van der Waals surface area contributed by atoms with E-state index in [1.165, 1.54) is 0 Å². The van der Waals surface area contributed by atoms with Crippen LogP contribution in [0.15, 0.2) is 18.2 Å². The van der Waals surface area contributed by atoms with Gasteiger partial charge in [0.15, 0.2) is 5.78 Å². The third-order valence-corrected chi connectivity index (χ3v) is 2.95. The Morgan fingerprint density at radius 3 is 2.86 bits per heavy atom. The average Bonchev–Trinajstić information content (AvgIpc) is 2.47. The van der Waals surface area contributed by atoms with E-state index in [2.05, 4.69) is 0 Å². The topological polar surface area (TPSA) is 57.2 Å². The molecule has 14 heavy (non-hydrogen) atoms. The molecule has 1 aromatic rings. The van der Waals surface area contributed by atoms with Gasteiger partial charge in [-0.05, 0) is 23.6 Å². The predicted molar refractivity (Wildman–Crippen MR) is 51.7 cm³/mol. The number of Topliss-reactive ketones (excluding diaryl/α,β-unsaturated/α-hetero) is 1. The molecule has 0 bridgehead atoms. The van der Waals surface area contributed by atoms with Crippen LogP contribution < -0.4 is 0 Å². The molecular weight excluding hydrogens is 200 g/mol. The first kappa shape index (κ1) is 9.55.